The van der Waals surface area contributed by atoms with Crippen LogP contribution >= 0.6 is 0 Å². The molecule has 2 rings (SSSR count). The minimum Gasteiger partial charge on any atom is -0.352 e. The zero-order valence-corrected chi connectivity index (χ0v) is 16.4. The van der Waals surface area contributed by atoms with Crippen molar-refractivity contribution in [3.63, 3.8) is 0 Å². The Hall–Kier alpha value is -2.86. The first-order valence-corrected chi connectivity index (χ1v) is 9.06. The Balaban J connectivity index is 1.92. The highest BCUT2D eigenvalue weighted by atomic mass is 16.2. The highest BCUT2D eigenvalue weighted by molar-refractivity contribution is 5.95. The Labute approximate surface area is 161 Å². The summed E-state index contributed by atoms with van der Waals surface area (Å²) in [6.07, 6.45) is 0. The molecule has 0 radical (unpaired) electrons. The van der Waals surface area contributed by atoms with E-state index in [0.29, 0.717) is 24.3 Å². The molecule has 0 heterocycles. The van der Waals surface area contributed by atoms with Crippen molar-refractivity contribution >= 4 is 17.6 Å². The molecule has 3 amide bonds. The minimum atomic E-state index is -0.278. The van der Waals surface area contributed by atoms with Gasteiger partial charge in [-0.05, 0) is 57.8 Å². The molecule has 1 atom stereocenters. The Morgan fingerprint density at radius 3 is 2.15 bits per heavy atom. The molecule has 0 aliphatic heterocycles. The number of amides is 3. The molecule has 2 aromatic carbocycles. The lowest BCUT2D eigenvalue weighted by atomic mass is 10.0. The average molecular weight is 368 g/mol. The molecular formula is C21H28N4O2. The predicted molar refractivity (Wildman–Crippen MR) is 109 cm³/mol. The van der Waals surface area contributed by atoms with Crippen LogP contribution in [-0.2, 0) is 0 Å². The molecule has 0 spiro atoms. The van der Waals surface area contributed by atoms with Crippen molar-refractivity contribution in [2.24, 2.45) is 0 Å². The van der Waals surface area contributed by atoms with Gasteiger partial charge in [0.05, 0.1) is 6.04 Å². The second-order valence-corrected chi connectivity index (χ2v) is 6.66. The normalized spacial score (nSPS) is 11.7. The summed E-state index contributed by atoms with van der Waals surface area (Å²) in [5.41, 5.74) is 3.56. The van der Waals surface area contributed by atoms with Crippen molar-refractivity contribution in [2.75, 3.05) is 32.5 Å². The number of rotatable bonds is 7. The van der Waals surface area contributed by atoms with Crippen molar-refractivity contribution < 1.29 is 9.59 Å². The van der Waals surface area contributed by atoms with Gasteiger partial charge < -0.3 is 20.9 Å². The number of hydrogen-bond donors (Lipinski definition) is 3. The molecule has 3 N–H and O–H groups in total. The van der Waals surface area contributed by atoms with Crippen LogP contribution in [0.25, 0.3) is 0 Å². The maximum atomic E-state index is 12.2. The van der Waals surface area contributed by atoms with E-state index in [4.69, 9.17) is 0 Å². The molecule has 0 saturated carbocycles. The molecule has 27 heavy (non-hydrogen) atoms. The SMILES string of the molecule is CCNC(=O)c1ccc(NC(=O)NCC(c2ccc(C)cc2)N(C)C)cc1. The monoisotopic (exact) mass is 368 g/mol. The van der Waals surface area contributed by atoms with Gasteiger partial charge in [-0.2, -0.15) is 0 Å². The number of nitrogens with zero attached hydrogens (tertiary/aromatic N) is 1. The number of aryl methyl sites for hydroxylation is 1. The molecule has 0 fully saturated rings. The van der Waals surface area contributed by atoms with E-state index in [9.17, 15) is 9.59 Å². The summed E-state index contributed by atoms with van der Waals surface area (Å²) in [5, 5.41) is 8.45. The van der Waals surface area contributed by atoms with Crippen molar-refractivity contribution in [1.82, 2.24) is 15.5 Å². The van der Waals surface area contributed by atoms with Crippen molar-refractivity contribution in [3.05, 3.63) is 65.2 Å². The summed E-state index contributed by atoms with van der Waals surface area (Å²) < 4.78 is 0. The van der Waals surface area contributed by atoms with E-state index in [-0.39, 0.29) is 18.0 Å². The first kappa shape index (κ1) is 20.5. The molecule has 0 aliphatic rings. The number of hydrogen-bond acceptors (Lipinski definition) is 3. The third-order valence-electron chi connectivity index (χ3n) is 4.28. The second kappa shape index (κ2) is 9.73. The first-order chi connectivity index (χ1) is 12.9. The van der Waals surface area contributed by atoms with E-state index >= 15 is 0 Å². The Kier molecular flexibility index (Phi) is 7.37. The molecule has 144 valence electrons. The predicted octanol–water partition coefficient (Wildman–Crippen LogP) is 3.17. The third kappa shape index (κ3) is 6.11. The molecule has 0 saturated heterocycles. The lowest BCUT2D eigenvalue weighted by Crippen LogP contribution is -2.36. The van der Waals surface area contributed by atoms with Gasteiger partial charge in [0.2, 0.25) is 0 Å². The Morgan fingerprint density at radius 1 is 0.963 bits per heavy atom. The summed E-state index contributed by atoms with van der Waals surface area (Å²) in [4.78, 5) is 26.1. The van der Waals surface area contributed by atoms with Crippen LogP contribution < -0.4 is 16.0 Å². The summed E-state index contributed by atoms with van der Waals surface area (Å²) in [6, 6.07) is 14.9. The molecule has 2 aromatic rings. The average Bonchev–Trinajstić information content (AvgIpc) is 2.64. The summed E-state index contributed by atoms with van der Waals surface area (Å²) >= 11 is 0. The number of carbonyl (C=O) groups is 2. The molecule has 0 aromatic heterocycles. The maximum absolute atomic E-state index is 12.2. The van der Waals surface area contributed by atoms with E-state index in [0.717, 1.165) is 5.56 Å². The molecule has 6 heteroatoms. The van der Waals surface area contributed by atoms with Gasteiger partial charge in [-0.15, -0.1) is 0 Å². The second-order valence-electron chi connectivity index (χ2n) is 6.66. The van der Waals surface area contributed by atoms with E-state index in [1.165, 1.54) is 5.56 Å². The molecule has 1 unspecified atom stereocenters. The summed E-state index contributed by atoms with van der Waals surface area (Å²) in [5.74, 6) is -0.125. The van der Waals surface area contributed by atoms with Gasteiger partial charge in [0.25, 0.3) is 5.91 Å². The summed E-state index contributed by atoms with van der Waals surface area (Å²) in [7, 11) is 3.98. The minimum absolute atomic E-state index is 0.0801. The van der Waals surface area contributed by atoms with Crippen LogP contribution in [0.3, 0.4) is 0 Å². The van der Waals surface area contributed by atoms with Crippen LogP contribution in [0.5, 0.6) is 0 Å². The number of benzene rings is 2. The van der Waals surface area contributed by atoms with Gasteiger partial charge in [-0.25, -0.2) is 4.79 Å². The Bertz CT molecular complexity index is 755. The van der Waals surface area contributed by atoms with E-state index < -0.39 is 0 Å². The smallest absolute Gasteiger partial charge is 0.319 e. The first-order valence-electron chi connectivity index (χ1n) is 9.06. The van der Waals surface area contributed by atoms with Crippen LogP contribution in [0, 0.1) is 6.92 Å². The quantitative estimate of drug-likeness (QED) is 0.703. The Morgan fingerprint density at radius 2 is 1.59 bits per heavy atom. The number of urea groups is 1. The molecule has 0 aliphatic carbocycles. The van der Waals surface area contributed by atoms with Gasteiger partial charge in [0, 0.05) is 24.3 Å². The topological polar surface area (TPSA) is 73.5 Å². The van der Waals surface area contributed by atoms with Crippen LogP contribution in [0.4, 0.5) is 10.5 Å². The van der Waals surface area contributed by atoms with Crippen LogP contribution in [0.2, 0.25) is 0 Å². The maximum Gasteiger partial charge on any atom is 0.319 e. The van der Waals surface area contributed by atoms with Crippen molar-refractivity contribution in [3.8, 4) is 0 Å². The molecular weight excluding hydrogens is 340 g/mol. The van der Waals surface area contributed by atoms with E-state index in [2.05, 4.69) is 52.0 Å². The van der Waals surface area contributed by atoms with Crippen molar-refractivity contribution in [2.45, 2.75) is 19.9 Å². The number of likely N-dealkylation sites (N-methyl/N-ethyl adjacent to an activating group) is 1. The van der Waals surface area contributed by atoms with Crippen LogP contribution in [0.1, 0.15) is 34.5 Å². The summed E-state index contributed by atoms with van der Waals surface area (Å²) in [6.45, 7) is 4.99. The lowest BCUT2D eigenvalue weighted by molar-refractivity contribution is 0.0956. The van der Waals surface area contributed by atoms with E-state index in [1.54, 1.807) is 24.3 Å². The lowest BCUT2D eigenvalue weighted by Gasteiger charge is -2.25. The number of nitrogens with one attached hydrogen (secondary N) is 3. The van der Waals surface area contributed by atoms with Crippen LogP contribution in [-0.4, -0.2) is 44.0 Å². The molecule has 0 bridgehead atoms. The number of carbonyl (C=O) groups excluding carboxylic acids is 2. The van der Waals surface area contributed by atoms with Gasteiger partial charge in [0.15, 0.2) is 0 Å². The fourth-order valence-electron chi connectivity index (χ4n) is 2.72. The fraction of sp³-hybridized carbons (Fsp3) is 0.333. The zero-order chi connectivity index (χ0) is 19.8. The standard InChI is InChI=1S/C21H28N4O2/c1-5-22-20(26)17-10-12-18(13-11-17)24-21(27)23-14-19(25(3)4)16-8-6-15(2)7-9-16/h6-13,19H,5,14H2,1-4H3,(H,22,26)(H2,23,24,27). The molecule has 6 nitrogen and oxygen atoms in total. The van der Waals surface area contributed by atoms with Crippen LogP contribution in [0.15, 0.2) is 48.5 Å². The highest BCUT2D eigenvalue weighted by Gasteiger charge is 2.15. The van der Waals surface area contributed by atoms with Gasteiger partial charge >= 0.3 is 6.03 Å². The van der Waals surface area contributed by atoms with Crippen molar-refractivity contribution in [1.29, 1.82) is 0 Å². The van der Waals surface area contributed by atoms with Gasteiger partial charge in [0.1, 0.15) is 0 Å². The van der Waals surface area contributed by atoms with Gasteiger partial charge in [-0.3, -0.25) is 4.79 Å². The largest absolute Gasteiger partial charge is 0.352 e. The number of anilines is 1. The highest BCUT2D eigenvalue weighted by Crippen LogP contribution is 2.18. The third-order valence-corrected chi connectivity index (χ3v) is 4.28. The zero-order valence-electron chi connectivity index (χ0n) is 16.4. The van der Waals surface area contributed by atoms with Gasteiger partial charge in [-0.1, -0.05) is 29.8 Å². The fourth-order valence-corrected chi connectivity index (χ4v) is 2.72. The van der Waals surface area contributed by atoms with E-state index in [1.807, 2.05) is 21.0 Å².